The highest BCUT2D eigenvalue weighted by molar-refractivity contribution is 5.77. The highest BCUT2D eigenvalue weighted by Gasteiger charge is 2.25. The maximum Gasteiger partial charge on any atom is 0.278 e. The molecule has 1 aliphatic rings. The van der Waals surface area contributed by atoms with Gasteiger partial charge in [-0.2, -0.15) is 4.98 Å². The van der Waals surface area contributed by atoms with Gasteiger partial charge in [-0.25, -0.2) is 23.7 Å². The van der Waals surface area contributed by atoms with Crippen LogP contribution in [0.25, 0.3) is 16.9 Å². The Bertz CT molecular complexity index is 1770. The summed E-state index contributed by atoms with van der Waals surface area (Å²) in [5.74, 6) is 6.34. The summed E-state index contributed by atoms with van der Waals surface area (Å²) in [5.41, 5.74) is -0.329. The molecule has 0 atom stereocenters. The molecule has 1 fully saturated rings. The fourth-order valence-corrected chi connectivity index (χ4v) is 4.56. The van der Waals surface area contributed by atoms with Crippen LogP contribution in [0, 0.1) is 23.6 Å². The predicted molar refractivity (Wildman–Crippen MR) is 153 cm³/mol. The number of nitrogens with one attached hydrogen (secondary N) is 1. The van der Waals surface area contributed by atoms with Gasteiger partial charge in [0, 0.05) is 27.5 Å². The molecule has 3 aromatic heterocycles. The third-order valence-electron chi connectivity index (χ3n) is 6.66. The number of hydrogen-bond donors (Lipinski definition) is 2. The average Bonchev–Trinajstić information content (AvgIpc) is 3.23. The Morgan fingerprint density at radius 1 is 1.23 bits per heavy atom. The number of aromatic nitrogens is 5. The number of allylic oxidation sites excluding steroid dienone is 1. The molecule has 0 saturated carbocycles. The second-order valence-corrected chi connectivity index (χ2v) is 10.2. The number of benzene rings is 1. The number of fused-ring (bicyclic) bond motifs is 1. The van der Waals surface area contributed by atoms with Crippen LogP contribution in [0.5, 0.6) is 0 Å². The van der Waals surface area contributed by atoms with Crippen molar-refractivity contribution in [3.8, 4) is 17.7 Å². The first-order valence-corrected chi connectivity index (χ1v) is 13.0. The topological polar surface area (TPSA) is 101 Å². The van der Waals surface area contributed by atoms with Crippen LogP contribution in [0.1, 0.15) is 42.1 Å². The molecule has 4 aromatic rings. The van der Waals surface area contributed by atoms with Crippen molar-refractivity contribution in [2.24, 2.45) is 5.92 Å². The average molecular weight is 545 g/mol. The van der Waals surface area contributed by atoms with E-state index in [1.54, 1.807) is 6.08 Å². The van der Waals surface area contributed by atoms with Crippen molar-refractivity contribution in [1.82, 2.24) is 29.2 Å². The van der Waals surface area contributed by atoms with Crippen LogP contribution in [0.2, 0.25) is 0 Å². The monoisotopic (exact) mass is 544 g/mol. The Hall–Kier alpha value is -4.33. The lowest BCUT2D eigenvalue weighted by Gasteiger charge is -2.25. The first-order valence-electron chi connectivity index (χ1n) is 14.5. The summed E-state index contributed by atoms with van der Waals surface area (Å²) in [6.07, 6.45) is 4.41. The Morgan fingerprint density at radius 3 is 2.65 bits per heavy atom. The highest BCUT2D eigenvalue weighted by Crippen LogP contribution is 2.24. The zero-order valence-electron chi connectivity index (χ0n) is 25.4. The molecule has 0 amide bonds. The van der Waals surface area contributed by atoms with E-state index in [-0.39, 0.29) is 46.5 Å². The molecule has 2 N–H and O–H groups in total. The smallest absolute Gasteiger partial charge is 0.278 e. The SMILES string of the molecule is [2H]C([2H])([2H])N1CCC(C#Cc2ccc(Nc3ncc4c(=O)n(CC=C)n(-c5ccc(F)c(C(C)(C)O)n5)c4n3)cc2)CC1. The maximum atomic E-state index is 14.5. The van der Waals surface area contributed by atoms with E-state index in [1.165, 1.54) is 46.4 Å². The highest BCUT2D eigenvalue weighted by atomic mass is 19.1. The number of hydrogen-bond acceptors (Lipinski definition) is 7. The molecule has 10 heteroatoms. The number of anilines is 2. The number of nitrogens with zero attached hydrogens (tertiary/aromatic N) is 6. The summed E-state index contributed by atoms with van der Waals surface area (Å²) in [6, 6.07) is 10.00. The quantitative estimate of drug-likeness (QED) is 0.280. The minimum Gasteiger partial charge on any atom is -0.384 e. The summed E-state index contributed by atoms with van der Waals surface area (Å²) in [4.78, 5) is 28.0. The molecule has 0 aliphatic carbocycles. The molecule has 5 rings (SSSR count). The van der Waals surface area contributed by atoms with Gasteiger partial charge in [0.05, 0.1) is 6.54 Å². The van der Waals surface area contributed by atoms with Crippen LogP contribution >= 0.6 is 0 Å². The van der Waals surface area contributed by atoms with Crippen molar-refractivity contribution in [2.75, 3.05) is 25.4 Å². The van der Waals surface area contributed by atoms with Crippen LogP contribution in [-0.4, -0.2) is 54.4 Å². The van der Waals surface area contributed by atoms with Crippen molar-refractivity contribution in [2.45, 2.75) is 38.8 Å². The molecular weight excluding hydrogens is 509 g/mol. The summed E-state index contributed by atoms with van der Waals surface area (Å²) >= 11 is 0. The van der Waals surface area contributed by atoms with E-state index in [0.717, 1.165) is 18.4 Å². The number of piperidine rings is 1. The second-order valence-electron chi connectivity index (χ2n) is 10.2. The maximum absolute atomic E-state index is 14.5. The van der Waals surface area contributed by atoms with Gasteiger partial charge in [0.25, 0.3) is 5.56 Å². The normalized spacial score (nSPS) is 16.1. The predicted octanol–water partition coefficient (Wildman–Crippen LogP) is 3.97. The fourth-order valence-electron chi connectivity index (χ4n) is 4.56. The van der Waals surface area contributed by atoms with Gasteiger partial charge < -0.3 is 15.3 Å². The van der Waals surface area contributed by atoms with Gasteiger partial charge in [-0.1, -0.05) is 17.9 Å². The first-order chi connectivity index (χ1) is 20.3. The van der Waals surface area contributed by atoms with Crippen LogP contribution in [0.15, 0.2) is 60.0 Å². The number of aliphatic hydroxyl groups is 1. The van der Waals surface area contributed by atoms with Gasteiger partial charge >= 0.3 is 0 Å². The molecule has 4 heterocycles. The van der Waals surface area contributed by atoms with E-state index in [2.05, 4.69) is 38.7 Å². The largest absolute Gasteiger partial charge is 0.384 e. The number of halogens is 1. The minimum absolute atomic E-state index is 0.135. The zero-order chi connectivity index (χ0) is 30.9. The number of likely N-dealkylation sites (tertiary alicyclic amines) is 1. The molecule has 1 saturated heterocycles. The van der Waals surface area contributed by atoms with Gasteiger partial charge in [0.2, 0.25) is 5.95 Å². The summed E-state index contributed by atoms with van der Waals surface area (Å²) in [7, 11) is 0. The van der Waals surface area contributed by atoms with E-state index >= 15 is 0 Å². The Morgan fingerprint density at radius 2 is 1.98 bits per heavy atom. The second kappa shape index (κ2) is 11.0. The van der Waals surface area contributed by atoms with E-state index in [9.17, 15) is 14.3 Å². The Kier molecular flexibility index (Phi) is 6.50. The van der Waals surface area contributed by atoms with Crippen LogP contribution in [0.3, 0.4) is 0 Å². The van der Waals surface area contributed by atoms with Crippen LogP contribution < -0.4 is 10.9 Å². The molecule has 0 bridgehead atoms. The van der Waals surface area contributed by atoms with Gasteiger partial charge in [-0.15, -0.1) is 6.58 Å². The lowest BCUT2D eigenvalue weighted by molar-refractivity contribution is 0.0694. The Balaban J connectivity index is 1.40. The van der Waals surface area contributed by atoms with E-state index < -0.39 is 18.4 Å². The third-order valence-corrected chi connectivity index (χ3v) is 6.66. The van der Waals surface area contributed by atoms with E-state index in [4.69, 9.17) is 4.11 Å². The van der Waals surface area contributed by atoms with Gasteiger partial charge in [0.15, 0.2) is 11.5 Å². The summed E-state index contributed by atoms with van der Waals surface area (Å²) in [5, 5.41) is 13.8. The molecule has 9 nitrogen and oxygen atoms in total. The lowest BCUT2D eigenvalue weighted by atomic mass is 9.97. The van der Waals surface area contributed by atoms with Crippen LogP contribution in [0.4, 0.5) is 16.0 Å². The summed E-state index contributed by atoms with van der Waals surface area (Å²) < 4.78 is 40.0. The standard InChI is InChI=1S/C30H32FN7O2/c1-5-16-37-28(39)23-19-32-29(35-27(23)38(37)25-13-12-24(31)26(34-25)30(2,3)40)33-22-10-8-20(9-11-22)6-7-21-14-17-36(4)18-15-21/h5,8-13,19,21,40H,1,14-18H2,2-4H3,(H,32,33,35)/i4D3. The molecule has 1 aromatic carbocycles. The van der Waals surface area contributed by atoms with Crippen molar-refractivity contribution in [3.05, 3.63) is 82.7 Å². The van der Waals surface area contributed by atoms with Crippen molar-refractivity contribution in [1.29, 1.82) is 0 Å². The van der Waals surface area contributed by atoms with E-state index in [1.807, 2.05) is 24.3 Å². The molecule has 1 aliphatic heterocycles. The first kappa shape index (κ1) is 23.5. The van der Waals surface area contributed by atoms with Crippen molar-refractivity contribution >= 4 is 22.7 Å². The molecular formula is C30H32FN7O2. The Labute approximate surface area is 236 Å². The summed E-state index contributed by atoms with van der Waals surface area (Å²) in [6.45, 7) is 5.68. The van der Waals surface area contributed by atoms with Gasteiger partial charge in [-0.3, -0.25) is 4.79 Å². The third kappa shape index (κ3) is 5.66. The van der Waals surface area contributed by atoms with Crippen molar-refractivity contribution in [3.63, 3.8) is 0 Å². The zero-order valence-corrected chi connectivity index (χ0v) is 22.4. The lowest BCUT2D eigenvalue weighted by Crippen LogP contribution is -2.29. The van der Waals surface area contributed by atoms with Gasteiger partial charge in [-0.05, 0) is 83.2 Å². The minimum atomic E-state index is -2.05. The molecule has 0 unspecified atom stereocenters. The number of pyridine rings is 1. The van der Waals surface area contributed by atoms with E-state index in [0.29, 0.717) is 18.8 Å². The number of rotatable bonds is 6. The molecule has 206 valence electrons. The molecule has 40 heavy (non-hydrogen) atoms. The fraction of sp³-hybridized carbons (Fsp3) is 0.333. The van der Waals surface area contributed by atoms with Gasteiger partial charge in [0.1, 0.15) is 22.5 Å². The molecule has 0 spiro atoms. The van der Waals surface area contributed by atoms with Crippen molar-refractivity contribution < 1.29 is 13.6 Å². The molecule has 0 radical (unpaired) electrons. The van der Waals surface area contributed by atoms with Crippen LogP contribution in [-0.2, 0) is 12.1 Å².